The molecule has 176 valence electrons. The molecule has 1 N–H and O–H groups in total. The summed E-state index contributed by atoms with van der Waals surface area (Å²) in [5.74, 6) is 0.674. The molecule has 0 atom stereocenters. The van der Waals surface area contributed by atoms with Crippen LogP contribution in [0, 0.1) is 6.92 Å². The number of nitrogens with one attached hydrogen (secondary N) is 1. The number of nitrogens with zero attached hydrogens (tertiary/aromatic N) is 2. The number of carbonyl (C=O) groups excluding carboxylic acids is 2. The van der Waals surface area contributed by atoms with E-state index in [1.807, 2.05) is 60.4 Å². The van der Waals surface area contributed by atoms with Gasteiger partial charge in [0.1, 0.15) is 17.1 Å². The van der Waals surface area contributed by atoms with E-state index in [4.69, 9.17) is 9.47 Å². The zero-order valence-electron chi connectivity index (χ0n) is 19.7. The Bertz CT molecular complexity index is 1130. The van der Waals surface area contributed by atoms with Gasteiger partial charge in [-0.05, 0) is 55.5 Å². The van der Waals surface area contributed by atoms with Crippen LogP contribution in [0.5, 0.6) is 11.5 Å². The molecule has 0 aliphatic carbocycles. The van der Waals surface area contributed by atoms with Crippen molar-refractivity contribution in [2.45, 2.75) is 6.92 Å². The van der Waals surface area contributed by atoms with Crippen molar-refractivity contribution in [3.63, 3.8) is 0 Å². The molecular formula is C27H29N3O4. The van der Waals surface area contributed by atoms with Gasteiger partial charge in [-0.2, -0.15) is 0 Å². The summed E-state index contributed by atoms with van der Waals surface area (Å²) in [5.41, 5.74) is 3.95. The van der Waals surface area contributed by atoms with Gasteiger partial charge >= 0.3 is 0 Å². The highest BCUT2D eigenvalue weighted by atomic mass is 16.5. The first kappa shape index (κ1) is 23.2. The molecule has 0 aromatic heterocycles. The van der Waals surface area contributed by atoms with Crippen LogP contribution in [0.15, 0.2) is 66.7 Å². The minimum atomic E-state index is -0.301. The molecule has 3 aromatic rings. The molecule has 0 spiro atoms. The molecule has 1 aliphatic rings. The van der Waals surface area contributed by atoms with Gasteiger partial charge in [0.15, 0.2) is 0 Å². The maximum atomic E-state index is 12.9. The molecule has 4 rings (SSSR count). The number of methoxy groups -OCH3 is 2. The van der Waals surface area contributed by atoms with E-state index in [1.165, 1.54) is 14.2 Å². The van der Waals surface area contributed by atoms with E-state index in [1.54, 1.807) is 18.2 Å². The first-order valence-electron chi connectivity index (χ1n) is 11.2. The summed E-state index contributed by atoms with van der Waals surface area (Å²) in [7, 11) is 3.04. The smallest absolute Gasteiger partial charge is 0.263 e. The predicted molar refractivity (Wildman–Crippen MR) is 133 cm³/mol. The zero-order chi connectivity index (χ0) is 24.1. The van der Waals surface area contributed by atoms with Crippen molar-refractivity contribution in [3.05, 3.63) is 83.4 Å². The molecule has 0 saturated carbocycles. The van der Waals surface area contributed by atoms with Crippen molar-refractivity contribution in [1.82, 2.24) is 4.90 Å². The number of benzene rings is 3. The fourth-order valence-electron chi connectivity index (χ4n) is 4.07. The summed E-state index contributed by atoms with van der Waals surface area (Å²) in [6, 6.07) is 20.6. The highest BCUT2D eigenvalue weighted by Crippen LogP contribution is 2.29. The lowest BCUT2D eigenvalue weighted by atomic mass is 10.1. The van der Waals surface area contributed by atoms with Gasteiger partial charge in [-0.3, -0.25) is 9.59 Å². The number of carbonyl (C=O) groups is 2. The monoisotopic (exact) mass is 459 g/mol. The Morgan fingerprint density at radius 3 is 1.94 bits per heavy atom. The summed E-state index contributed by atoms with van der Waals surface area (Å²) in [6.07, 6.45) is 0. The Hall–Kier alpha value is -4.00. The maximum Gasteiger partial charge on any atom is 0.263 e. The summed E-state index contributed by atoms with van der Waals surface area (Å²) in [5, 5.41) is 2.91. The maximum absolute atomic E-state index is 12.9. The Morgan fingerprint density at radius 1 is 0.794 bits per heavy atom. The van der Waals surface area contributed by atoms with Crippen LogP contribution in [0.1, 0.15) is 26.3 Å². The lowest BCUT2D eigenvalue weighted by molar-refractivity contribution is 0.0746. The SMILES string of the molecule is COc1cccc(OC)c1C(=O)Nc1ccc(N2CCN(C(=O)c3ccc(C)cc3)CC2)cc1. The highest BCUT2D eigenvalue weighted by Gasteiger charge is 2.23. The fourth-order valence-corrected chi connectivity index (χ4v) is 4.07. The summed E-state index contributed by atoms with van der Waals surface area (Å²) >= 11 is 0. The van der Waals surface area contributed by atoms with E-state index in [2.05, 4.69) is 10.2 Å². The van der Waals surface area contributed by atoms with Crippen LogP contribution in [0.2, 0.25) is 0 Å². The van der Waals surface area contributed by atoms with Crippen LogP contribution in [-0.4, -0.2) is 57.1 Å². The van der Waals surface area contributed by atoms with Crippen molar-refractivity contribution in [2.75, 3.05) is 50.6 Å². The van der Waals surface area contributed by atoms with Gasteiger partial charge in [0, 0.05) is 43.1 Å². The second-order valence-corrected chi connectivity index (χ2v) is 8.18. The Kier molecular flexibility index (Phi) is 7.01. The molecule has 2 amide bonds. The number of ether oxygens (including phenoxy) is 2. The number of anilines is 2. The van der Waals surface area contributed by atoms with Crippen molar-refractivity contribution in [3.8, 4) is 11.5 Å². The molecule has 1 saturated heterocycles. The molecule has 3 aromatic carbocycles. The Labute approximate surface area is 199 Å². The standard InChI is InChI=1S/C27H29N3O4/c1-19-7-9-20(10-8-19)27(32)30-17-15-29(16-18-30)22-13-11-21(12-14-22)28-26(31)25-23(33-2)5-4-6-24(25)34-3/h4-14H,15-18H2,1-3H3,(H,28,31). The number of aryl methyl sites for hydroxylation is 1. The van der Waals surface area contributed by atoms with E-state index >= 15 is 0 Å². The van der Waals surface area contributed by atoms with E-state index in [0.29, 0.717) is 35.8 Å². The van der Waals surface area contributed by atoms with E-state index in [0.717, 1.165) is 29.9 Å². The van der Waals surface area contributed by atoms with Crippen molar-refractivity contribution >= 4 is 23.2 Å². The molecule has 0 unspecified atom stereocenters. The van der Waals surface area contributed by atoms with E-state index < -0.39 is 0 Å². The van der Waals surface area contributed by atoms with Crippen LogP contribution in [0.4, 0.5) is 11.4 Å². The van der Waals surface area contributed by atoms with Crippen molar-refractivity contribution in [1.29, 1.82) is 0 Å². The third kappa shape index (κ3) is 4.98. The van der Waals surface area contributed by atoms with Crippen LogP contribution in [0.3, 0.4) is 0 Å². The molecule has 7 heteroatoms. The van der Waals surface area contributed by atoms with Crippen LogP contribution < -0.4 is 19.7 Å². The minimum Gasteiger partial charge on any atom is -0.496 e. The average molecular weight is 460 g/mol. The largest absolute Gasteiger partial charge is 0.496 e. The fraction of sp³-hybridized carbons (Fsp3) is 0.259. The quantitative estimate of drug-likeness (QED) is 0.598. The Balaban J connectivity index is 1.37. The molecule has 1 heterocycles. The summed E-state index contributed by atoms with van der Waals surface area (Å²) in [6.45, 7) is 4.85. The number of hydrogen-bond acceptors (Lipinski definition) is 5. The normalized spacial score (nSPS) is 13.4. The number of hydrogen-bond donors (Lipinski definition) is 1. The minimum absolute atomic E-state index is 0.0736. The first-order valence-corrected chi connectivity index (χ1v) is 11.2. The van der Waals surface area contributed by atoms with Crippen molar-refractivity contribution < 1.29 is 19.1 Å². The molecule has 0 radical (unpaired) electrons. The van der Waals surface area contributed by atoms with Gasteiger partial charge in [-0.15, -0.1) is 0 Å². The van der Waals surface area contributed by atoms with Gasteiger partial charge in [0.25, 0.3) is 11.8 Å². The van der Waals surface area contributed by atoms with Gasteiger partial charge < -0.3 is 24.6 Å². The van der Waals surface area contributed by atoms with Gasteiger partial charge in [0.05, 0.1) is 14.2 Å². The lowest BCUT2D eigenvalue weighted by Crippen LogP contribution is -2.48. The second-order valence-electron chi connectivity index (χ2n) is 8.18. The molecule has 1 aliphatic heterocycles. The molecule has 34 heavy (non-hydrogen) atoms. The molecule has 0 bridgehead atoms. The number of rotatable bonds is 6. The highest BCUT2D eigenvalue weighted by molar-refractivity contribution is 6.08. The number of amides is 2. The van der Waals surface area contributed by atoms with Crippen LogP contribution >= 0.6 is 0 Å². The lowest BCUT2D eigenvalue weighted by Gasteiger charge is -2.36. The van der Waals surface area contributed by atoms with E-state index in [9.17, 15) is 9.59 Å². The van der Waals surface area contributed by atoms with Gasteiger partial charge in [0.2, 0.25) is 0 Å². The summed E-state index contributed by atoms with van der Waals surface area (Å²) < 4.78 is 10.7. The van der Waals surface area contributed by atoms with Gasteiger partial charge in [-0.25, -0.2) is 0 Å². The molecule has 7 nitrogen and oxygen atoms in total. The Morgan fingerprint density at radius 2 is 1.38 bits per heavy atom. The molecular weight excluding hydrogens is 430 g/mol. The average Bonchev–Trinajstić information content (AvgIpc) is 2.88. The van der Waals surface area contributed by atoms with E-state index in [-0.39, 0.29) is 11.8 Å². The summed E-state index contributed by atoms with van der Waals surface area (Å²) in [4.78, 5) is 29.8. The predicted octanol–water partition coefficient (Wildman–Crippen LogP) is 4.23. The van der Waals surface area contributed by atoms with Crippen LogP contribution in [0.25, 0.3) is 0 Å². The van der Waals surface area contributed by atoms with Crippen molar-refractivity contribution in [2.24, 2.45) is 0 Å². The van der Waals surface area contributed by atoms with Crippen LogP contribution in [-0.2, 0) is 0 Å². The van der Waals surface area contributed by atoms with Gasteiger partial charge in [-0.1, -0.05) is 23.8 Å². The molecule has 1 fully saturated rings. The zero-order valence-corrected chi connectivity index (χ0v) is 19.7. The second kappa shape index (κ2) is 10.3. The topological polar surface area (TPSA) is 71.1 Å². The third-order valence-corrected chi connectivity index (χ3v) is 6.01. The third-order valence-electron chi connectivity index (χ3n) is 6.01. The number of piperazine rings is 1. The first-order chi connectivity index (χ1) is 16.5.